The van der Waals surface area contributed by atoms with Crippen LogP contribution in [-0.2, 0) is 0 Å². The largest absolute Gasteiger partial charge is 0.296 e. The van der Waals surface area contributed by atoms with Crippen LogP contribution in [0.2, 0.25) is 10.0 Å². The van der Waals surface area contributed by atoms with E-state index in [9.17, 15) is 9.59 Å². The normalized spacial score (nSPS) is 9.50. The van der Waals surface area contributed by atoms with Gasteiger partial charge in [0.05, 0.1) is 10.0 Å². The minimum Gasteiger partial charge on any atom is -0.296 e. The summed E-state index contributed by atoms with van der Waals surface area (Å²) < 4.78 is 0. The van der Waals surface area contributed by atoms with Crippen molar-refractivity contribution in [3.8, 4) is 0 Å². The molecular weight excluding hydrogens is 201 g/mol. The molecule has 0 N–H and O–H groups in total. The molecule has 12 heavy (non-hydrogen) atoms. The monoisotopic (exact) mass is 203 g/mol. The second-order valence-corrected chi connectivity index (χ2v) is 2.75. The van der Waals surface area contributed by atoms with Crippen LogP contribution in [-0.4, -0.2) is 17.6 Å². The lowest BCUT2D eigenvalue weighted by Crippen LogP contribution is -1.94. The highest BCUT2D eigenvalue weighted by Crippen LogP contribution is 2.23. The SMILES string of the molecule is O=Cc1cc(Cl)c(Cl)c(C=O)n1. The van der Waals surface area contributed by atoms with Gasteiger partial charge in [-0.1, -0.05) is 23.2 Å². The average Bonchev–Trinajstić information content (AvgIpc) is 2.09. The van der Waals surface area contributed by atoms with Crippen LogP contribution in [0.15, 0.2) is 6.07 Å². The van der Waals surface area contributed by atoms with Crippen molar-refractivity contribution in [2.75, 3.05) is 0 Å². The van der Waals surface area contributed by atoms with Crippen LogP contribution in [0.3, 0.4) is 0 Å². The van der Waals surface area contributed by atoms with Crippen LogP contribution >= 0.6 is 23.2 Å². The summed E-state index contributed by atoms with van der Waals surface area (Å²) in [4.78, 5) is 24.2. The number of carbonyl (C=O) groups excluding carboxylic acids is 2. The van der Waals surface area contributed by atoms with Crippen molar-refractivity contribution in [2.24, 2.45) is 0 Å². The molecule has 0 saturated carbocycles. The highest BCUT2D eigenvalue weighted by Gasteiger charge is 2.07. The van der Waals surface area contributed by atoms with Crippen LogP contribution in [0.4, 0.5) is 0 Å². The molecule has 0 aromatic carbocycles. The second kappa shape index (κ2) is 3.65. The molecule has 1 heterocycles. The molecule has 1 aromatic heterocycles. The Morgan fingerprint density at radius 2 is 1.92 bits per heavy atom. The van der Waals surface area contributed by atoms with Gasteiger partial charge in [0.25, 0.3) is 0 Å². The van der Waals surface area contributed by atoms with Gasteiger partial charge in [0, 0.05) is 0 Å². The van der Waals surface area contributed by atoms with Crippen LogP contribution in [0.5, 0.6) is 0 Å². The van der Waals surface area contributed by atoms with Gasteiger partial charge in [-0.05, 0) is 6.07 Å². The Balaban J connectivity index is 3.37. The summed E-state index contributed by atoms with van der Waals surface area (Å²) in [5.74, 6) is 0. The molecule has 0 aliphatic heterocycles. The number of halogens is 2. The van der Waals surface area contributed by atoms with E-state index in [1.807, 2.05) is 0 Å². The Labute approximate surface area is 78.3 Å². The number of aldehydes is 2. The molecule has 0 spiro atoms. The first kappa shape index (κ1) is 9.16. The van der Waals surface area contributed by atoms with Crippen molar-refractivity contribution in [2.45, 2.75) is 0 Å². The number of carbonyl (C=O) groups is 2. The summed E-state index contributed by atoms with van der Waals surface area (Å²) in [6.07, 6.45) is 0.941. The molecular formula is C7H3Cl2NO2. The molecule has 62 valence electrons. The van der Waals surface area contributed by atoms with Crippen LogP contribution in [0.25, 0.3) is 0 Å². The zero-order valence-electron chi connectivity index (χ0n) is 5.75. The standard InChI is InChI=1S/C7H3Cl2NO2/c8-5-1-4(2-11)10-6(3-12)7(5)9/h1-3H. The number of hydrogen-bond acceptors (Lipinski definition) is 3. The summed E-state index contributed by atoms with van der Waals surface area (Å²) in [6.45, 7) is 0. The molecule has 0 bridgehead atoms. The predicted octanol–water partition coefficient (Wildman–Crippen LogP) is 2.01. The molecule has 3 nitrogen and oxygen atoms in total. The fourth-order valence-corrected chi connectivity index (χ4v) is 1.02. The van der Waals surface area contributed by atoms with Crippen molar-refractivity contribution in [3.05, 3.63) is 27.5 Å². The number of nitrogens with zero attached hydrogens (tertiary/aromatic N) is 1. The molecule has 0 radical (unpaired) electrons. The zero-order chi connectivity index (χ0) is 9.14. The van der Waals surface area contributed by atoms with E-state index < -0.39 is 0 Å². The van der Waals surface area contributed by atoms with Crippen LogP contribution < -0.4 is 0 Å². The van der Waals surface area contributed by atoms with E-state index in [-0.39, 0.29) is 21.4 Å². The molecule has 0 saturated heterocycles. The third-order valence-corrected chi connectivity index (χ3v) is 1.98. The first-order valence-electron chi connectivity index (χ1n) is 2.95. The molecule has 5 heteroatoms. The number of pyridine rings is 1. The maximum atomic E-state index is 10.3. The topological polar surface area (TPSA) is 47.0 Å². The Morgan fingerprint density at radius 1 is 1.25 bits per heavy atom. The van der Waals surface area contributed by atoms with Gasteiger partial charge in [-0.25, -0.2) is 4.98 Å². The smallest absolute Gasteiger partial charge is 0.170 e. The molecule has 0 aliphatic carbocycles. The van der Waals surface area contributed by atoms with Gasteiger partial charge in [-0.2, -0.15) is 0 Å². The van der Waals surface area contributed by atoms with E-state index in [2.05, 4.69) is 4.98 Å². The first-order valence-corrected chi connectivity index (χ1v) is 3.71. The van der Waals surface area contributed by atoms with E-state index in [0.29, 0.717) is 12.6 Å². The van der Waals surface area contributed by atoms with Gasteiger partial charge in [0.1, 0.15) is 11.4 Å². The third kappa shape index (κ3) is 1.62. The van der Waals surface area contributed by atoms with E-state index in [1.165, 1.54) is 6.07 Å². The summed E-state index contributed by atoms with van der Waals surface area (Å²) in [6, 6.07) is 1.30. The summed E-state index contributed by atoms with van der Waals surface area (Å²) in [5, 5.41) is 0.216. The third-order valence-electron chi connectivity index (χ3n) is 1.19. The second-order valence-electron chi connectivity index (χ2n) is 1.96. The Bertz CT molecular complexity index is 338. The van der Waals surface area contributed by atoms with Gasteiger partial charge in [-0.3, -0.25) is 9.59 Å². The summed E-state index contributed by atoms with van der Waals surface area (Å²) in [7, 11) is 0. The van der Waals surface area contributed by atoms with Crippen molar-refractivity contribution < 1.29 is 9.59 Å². The van der Waals surface area contributed by atoms with Gasteiger partial charge in [-0.15, -0.1) is 0 Å². The van der Waals surface area contributed by atoms with E-state index in [0.717, 1.165) is 0 Å². The van der Waals surface area contributed by atoms with E-state index in [4.69, 9.17) is 23.2 Å². The lowest BCUT2D eigenvalue weighted by molar-refractivity contribution is 0.111. The van der Waals surface area contributed by atoms with Gasteiger partial charge < -0.3 is 0 Å². The molecule has 0 unspecified atom stereocenters. The van der Waals surface area contributed by atoms with Crippen molar-refractivity contribution in [1.82, 2.24) is 4.98 Å². The van der Waals surface area contributed by atoms with Crippen LogP contribution in [0, 0.1) is 0 Å². The number of aromatic nitrogens is 1. The fourth-order valence-electron chi connectivity index (χ4n) is 0.674. The van der Waals surface area contributed by atoms with Crippen LogP contribution in [0.1, 0.15) is 21.0 Å². The number of hydrogen-bond donors (Lipinski definition) is 0. The lowest BCUT2D eigenvalue weighted by Gasteiger charge is -1.98. The highest BCUT2D eigenvalue weighted by atomic mass is 35.5. The molecule has 1 rings (SSSR count). The predicted molar refractivity (Wildman–Crippen MR) is 45.0 cm³/mol. The quantitative estimate of drug-likeness (QED) is 0.692. The minimum absolute atomic E-state index is 0.0220. The summed E-state index contributed by atoms with van der Waals surface area (Å²) >= 11 is 11.2. The Morgan fingerprint density at radius 3 is 2.42 bits per heavy atom. The molecule has 0 amide bonds. The van der Waals surface area contributed by atoms with Crippen molar-refractivity contribution >= 4 is 35.8 Å². The van der Waals surface area contributed by atoms with Crippen molar-refractivity contribution in [3.63, 3.8) is 0 Å². The first-order chi connectivity index (χ1) is 5.69. The molecule has 0 aliphatic rings. The van der Waals surface area contributed by atoms with Gasteiger partial charge in [0.2, 0.25) is 0 Å². The van der Waals surface area contributed by atoms with E-state index in [1.54, 1.807) is 0 Å². The maximum Gasteiger partial charge on any atom is 0.170 e. The zero-order valence-corrected chi connectivity index (χ0v) is 7.26. The maximum absolute atomic E-state index is 10.3. The summed E-state index contributed by atoms with van der Waals surface area (Å²) in [5.41, 5.74) is 0.0674. The van der Waals surface area contributed by atoms with Gasteiger partial charge in [0.15, 0.2) is 12.6 Å². The fraction of sp³-hybridized carbons (Fsp3) is 0. The molecule has 0 fully saturated rings. The Kier molecular flexibility index (Phi) is 2.78. The highest BCUT2D eigenvalue weighted by molar-refractivity contribution is 6.43. The van der Waals surface area contributed by atoms with E-state index >= 15 is 0 Å². The molecule has 1 aromatic rings. The lowest BCUT2D eigenvalue weighted by atomic mass is 10.3. The minimum atomic E-state index is -0.0220. The Hall–Kier alpha value is -0.930. The molecule has 0 atom stereocenters. The average molecular weight is 204 g/mol. The van der Waals surface area contributed by atoms with Gasteiger partial charge >= 0.3 is 0 Å². The number of rotatable bonds is 2. The van der Waals surface area contributed by atoms with Crippen molar-refractivity contribution in [1.29, 1.82) is 0 Å².